The second-order valence-corrected chi connectivity index (χ2v) is 21.2. The number of allylic oxidation sites excluding steroid dienone is 3. The summed E-state index contributed by atoms with van der Waals surface area (Å²) in [6.07, 6.45) is 17.8. The molecule has 25 nitrogen and oxygen atoms in total. The number of hydrogen-bond acceptors (Lipinski definition) is 17. The van der Waals surface area contributed by atoms with Gasteiger partial charge in [-0.3, -0.25) is 48.1 Å². The van der Waals surface area contributed by atoms with Crippen molar-refractivity contribution in [2.24, 2.45) is 45.9 Å². The summed E-state index contributed by atoms with van der Waals surface area (Å²) < 4.78 is 28.1. The Morgan fingerprint density at radius 1 is 0.634 bits per heavy atom. The summed E-state index contributed by atoms with van der Waals surface area (Å²) in [6, 6.07) is -4.42. The second kappa shape index (κ2) is 42.3. The van der Waals surface area contributed by atoms with E-state index in [9.17, 15) is 53.4 Å². The van der Waals surface area contributed by atoms with Crippen LogP contribution >= 0.6 is 12.6 Å². The number of guanidine groups is 1. The van der Waals surface area contributed by atoms with Gasteiger partial charge in [-0.15, -0.1) is 0 Å². The number of nitrogens with zero attached hydrogens (tertiary/aromatic N) is 1. The number of rotatable bonds is 50. The Bertz CT molecular complexity index is 2110. The molecule has 0 radical (unpaired) electrons. The van der Waals surface area contributed by atoms with Crippen molar-refractivity contribution in [1.29, 1.82) is 0 Å². The van der Waals surface area contributed by atoms with Crippen molar-refractivity contribution in [2.75, 3.05) is 98.1 Å². The van der Waals surface area contributed by atoms with Crippen molar-refractivity contribution in [3.63, 3.8) is 0 Å². The number of Topliss-reactive ketones (excluding diaryl/α,β-unsaturated/α-hetero) is 1. The Morgan fingerprint density at radius 2 is 1.20 bits per heavy atom. The highest BCUT2D eigenvalue weighted by Gasteiger charge is 2.55. The van der Waals surface area contributed by atoms with Crippen LogP contribution in [0.15, 0.2) is 28.3 Å². The van der Waals surface area contributed by atoms with Gasteiger partial charge >= 0.3 is 5.97 Å². The fraction of sp³-hybridized carbons (Fsp3) is 0.750. The van der Waals surface area contributed by atoms with E-state index in [0.29, 0.717) is 77.9 Å². The lowest BCUT2D eigenvalue weighted by molar-refractivity contribution is -0.141. The number of unbranched alkanes of at least 4 members (excludes halogenated alkanes) is 10. The van der Waals surface area contributed by atoms with E-state index in [1.165, 1.54) is 51.0 Å². The number of carboxylic acid groups (broad SMARTS) is 1. The lowest BCUT2D eigenvalue weighted by Crippen LogP contribution is -2.56. The third-order valence-electron chi connectivity index (χ3n) is 14.3. The summed E-state index contributed by atoms with van der Waals surface area (Å²) in [4.78, 5) is 118. The van der Waals surface area contributed by atoms with Crippen molar-refractivity contribution < 1.29 is 77.0 Å². The minimum absolute atomic E-state index is 0.0277. The molecule has 464 valence electrons. The Hall–Kier alpha value is -5.51. The molecule has 0 aliphatic heterocycles. The lowest BCUT2D eigenvalue weighted by Gasteiger charge is -2.32. The molecular weight excluding hydrogens is 1090 g/mol. The number of hydrogen-bond donors (Lipinski definition) is 11. The van der Waals surface area contributed by atoms with Gasteiger partial charge in [0, 0.05) is 51.0 Å². The summed E-state index contributed by atoms with van der Waals surface area (Å²) >= 11 is 4.25. The first kappa shape index (κ1) is 70.8. The molecule has 0 heterocycles. The second-order valence-electron chi connectivity index (χ2n) is 20.8. The number of nitrogens with one attached hydrogen (secondary N) is 5. The van der Waals surface area contributed by atoms with Gasteiger partial charge in [0.1, 0.15) is 18.1 Å². The fourth-order valence-electron chi connectivity index (χ4n) is 10.1. The van der Waals surface area contributed by atoms with Crippen molar-refractivity contribution in [3.05, 3.63) is 23.3 Å². The van der Waals surface area contributed by atoms with Crippen LogP contribution in [0.25, 0.3) is 0 Å². The molecule has 0 spiro atoms. The normalized spacial score (nSPS) is 18.1. The van der Waals surface area contributed by atoms with Gasteiger partial charge in [-0.2, -0.15) is 12.6 Å². The van der Waals surface area contributed by atoms with Gasteiger partial charge in [-0.25, -0.2) is 0 Å². The van der Waals surface area contributed by atoms with Crippen LogP contribution in [0.4, 0.5) is 0 Å². The predicted molar refractivity (Wildman–Crippen MR) is 307 cm³/mol. The van der Waals surface area contributed by atoms with E-state index in [1.54, 1.807) is 0 Å². The highest BCUT2D eigenvalue weighted by atomic mass is 32.1. The Morgan fingerprint density at radius 3 is 1.76 bits per heavy atom. The number of ether oxygens (including phenoxy) is 5. The zero-order valence-electron chi connectivity index (χ0n) is 47.7. The summed E-state index contributed by atoms with van der Waals surface area (Å²) in [5.41, 5.74) is 17.3. The molecule has 0 aromatic carbocycles. The average molecular weight is 1180 g/mol. The first-order valence-corrected chi connectivity index (χ1v) is 29.8. The van der Waals surface area contributed by atoms with Crippen LogP contribution in [0.5, 0.6) is 0 Å². The quantitative estimate of drug-likeness (QED) is 0.0132. The summed E-state index contributed by atoms with van der Waals surface area (Å²) in [5, 5.41) is 30.4. The number of carbonyl (C=O) groups is 9. The van der Waals surface area contributed by atoms with E-state index in [-0.39, 0.29) is 80.5 Å². The number of aliphatic hydroxyl groups excluding tert-OH is 1. The summed E-state index contributed by atoms with van der Waals surface area (Å²) in [7, 11) is 0. The SMILES string of the molecule is NC(=O)[C@H](CO)NC(=O)[C@H](CC(=O)O)NC(=O)CNC(=O)[C@H](CCCN=C(N)N)NC(=O)CCCNC(=O)CC1=C[C@H]2C[C@@H]1[C@H]1C(=O)C=C(CCCCCCOCCOCCOCCOCCOCCCCCCCCCCS)C(=O)[C@H]12. The van der Waals surface area contributed by atoms with E-state index < -0.39 is 85.0 Å². The van der Waals surface area contributed by atoms with Crippen molar-refractivity contribution >= 4 is 71.6 Å². The molecule has 82 heavy (non-hydrogen) atoms. The van der Waals surface area contributed by atoms with Crippen LogP contribution in [0.2, 0.25) is 0 Å². The Kier molecular flexibility index (Phi) is 36.5. The van der Waals surface area contributed by atoms with Crippen molar-refractivity contribution in [2.45, 2.75) is 147 Å². The fourth-order valence-corrected chi connectivity index (χ4v) is 10.3. The van der Waals surface area contributed by atoms with Gasteiger partial charge in [0.05, 0.1) is 72.4 Å². The zero-order chi connectivity index (χ0) is 59.9. The van der Waals surface area contributed by atoms with E-state index >= 15 is 0 Å². The standard InChI is InChI=1S/C56H93N9O16S/c57-53(74)44(37-66)65-55(76)43(35-49(71)72)64-48(70)36-62-54(75)42(16-13-19-61-56(58)59)63-46(68)17-14-18-60-47(69)34-39-31-40-32-41(39)51-45(67)33-38(52(73)50(40)51)15-9-5-7-11-21-78-23-25-80-27-29-81-28-26-79-24-22-77-20-10-6-3-1-2-4-8-12-30-82/h31,33,40-44,50-51,66,82H,1-30,32,34-37H2,(H2,57,74)(H,60,69)(H,62,75)(H,63,68)(H,64,70)(H,65,76)(H,71,72)(H4,58,59,61)/t40-,41-,42-,43-,44-,50-,51-/m0/s1. The minimum atomic E-state index is -1.70. The molecule has 3 rings (SSSR count). The van der Waals surface area contributed by atoms with Crippen LogP contribution in [-0.4, -0.2) is 185 Å². The highest BCUT2D eigenvalue weighted by molar-refractivity contribution is 7.80. The third-order valence-corrected chi connectivity index (χ3v) is 14.6. The summed E-state index contributed by atoms with van der Waals surface area (Å²) in [6.45, 7) is 4.16. The number of aliphatic imine (C=N–C) groups is 1. The van der Waals surface area contributed by atoms with Crippen molar-refractivity contribution in [1.82, 2.24) is 26.6 Å². The third kappa shape index (κ3) is 29.1. The van der Waals surface area contributed by atoms with Gasteiger partial charge in [0.25, 0.3) is 0 Å². The van der Waals surface area contributed by atoms with Gasteiger partial charge in [0.15, 0.2) is 17.5 Å². The largest absolute Gasteiger partial charge is 0.481 e. The first-order valence-electron chi connectivity index (χ1n) is 29.2. The number of carboxylic acids is 1. The lowest BCUT2D eigenvalue weighted by atomic mass is 9.69. The number of ketones is 2. The van der Waals surface area contributed by atoms with Gasteiger partial charge in [-0.1, -0.05) is 63.0 Å². The molecule has 3 aliphatic rings. The van der Waals surface area contributed by atoms with E-state index in [4.69, 9.17) is 40.9 Å². The molecule has 2 bridgehead atoms. The van der Waals surface area contributed by atoms with Gasteiger partial charge in [-0.05, 0) is 87.0 Å². The van der Waals surface area contributed by atoms with Crippen LogP contribution in [0, 0.1) is 23.7 Å². The molecule has 0 aromatic heterocycles. The predicted octanol–water partition coefficient (Wildman–Crippen LogP) is 0.820. The Balaban J connectivity index is 1.25. The molecule has 13 N–H and O–H groups in total. The number of thiol groups is 1. The molecule has 0 aromatic rings. The molecular formula is C56H93N9O16S. The molecule has 0 unspecified atom stereocenters. The highest BCUT2D eigenvalue weighted by Crippen LogP contribution is 2.55. The molecule has 0 saturated heterocycles. The van der Waals surface area contributed by atoms with Crippen LogP contribution in [0.3, 0.4) is 0 Å². The van der Waals surface area contributed by atoms with E-state index in [2.05, 4.69) is 38.9 Å². The molecule has 1 fully saturated rings. The monoisotopic (exact) mass is 1180 g/mol. The maximum absolute atomic E-state index is 13.7. The van der Waals surface area contributed by atoms with Gasteiger partial charge < -0.3 is 77.7 Å². The van der Waals surface area contributed by atoms with Gasteiger partial charge in [0.2, 0.25) is 35.4 Å². The average Bonchev–Trinajstić information content (AvgIpc) is 2.04. The maximum atomic E-state index is 13.7. The van der Waals surface area contributed by atoms with E-state index in [0.717, 1.165) is 50.0 Å². The number of fused-ring (bicyclic) bond motifs is 5. The van der Waals surface area contributed by atoms with Crippen molar-refractivity contribution in [3.8, 4) is 0 Å². The first-order chi connectivity index (χ1) is 39.6. The molecule has 1 saturated carbocycles. The smallest absolute Gasteiger partial charge is 0.305 e. The number of aliphatic hydroxyl groups is 1. The minimum Gasteiger partial charge on any atom is -0.481 e. The van der Waals surface area contributed by atoms with E-state index in [1.807, 2.05) is 11.4 Å². The van der Waals surface area contributed by atoms with Crippen LogP contribution in [-0.2, 0) is 66.8 Å². The molecule has 26 heteroatoms. The van der Waals surface area contributed by atoms with Crippen LogP contribution < -0.4 is 43.8 Å². The number of amides is 6. The maximum Gasteiger partial charge on any atom is 0.305 e. The van der Waals surface area contributed by atoms with Crippen LogP contribution in [0.1, 0.15) is 128 Å². The summed E-state index contributed by atoms with van der Waals surface area (Å²) in [5.74, 6) is -6.75. The molecule has 7 atom stereocenters. The molecule has 3 aliphatic carbocycles. The number of primary amides is 1. The topological polar surface area (TPSA) is 391 Å². The Labute approximate surface area is 487 Å². The zero-order valence-corrected chi connectivity index (χ0v) is 48.6. The number of aliphatic carboxylic acids is 1. The number of nitrogens with two attached hydrogens (primary N) is 3. The molecule has 6 amide bonds. The number of carbonyl (C=O) groups excluding carboxylic acids is 8.